The molecular weight excluding hydrogens is 930 g/mol. The molecule has 57 heavy (non-hydrogen) atoms. The van der Waals surface area contributed by atoms with Crippen LogP contribution in [0.1, 0.15) is 31.8 Å². The van der Waals surface area contributed by atoms with Crippen molar-refractivity contribution in [2.45, 2.75) is 11.5 Å². The van der Waals surface area contributed by atoms with Gasteiger partial charge < -0.3 is 50.8 Å². The predicted molar refractivity (Wildman–Crippen MR) is 220 cm³/mol. The van der Waals surface area contributed by atoms with Crippen molar-refractivity contribution in [2.24, 2.45) is 0 Å². The number of halogens is 2. The van der Waals surface area contributed by atoms with Crippen LogP contribution in [0.5, 0.6) is 0 Å². The van der Waals surface area contributed by atoms with Gasteiger partial charge in [0.2, 0.25) is 0 Å². The maximum atomic E-state index is 12.4. The molecule has 2 aromatic heterocycles. The molecule has 0 aliphatic rings. The zero-order valence-corrected chi connectivity index (χ0v) is 39.5. The number of nitrogen functional groups attached to an aromatic ring is 1. The van der Waals surface area contributed by atoms with E-state index in [0.29, 0.717) is 22.5 Å². The van der Waals surface area contributed by atoms with E-state index in [4.69, 9.17) is 22.4 Å². The Kier molecular flexibility index (Phi) is 23.6. The van der Waals surface area contributed by atoms with Gasteiger partial charge in [-0.3, -0.25) is 19.6 Å². The Morgan fingerprint density at radius 2 is 1.14 bits per heavy atom. The van der Waals surface area contributed by atoms with Crippen molar-refractivity contribution < 1.29 is 107 Å². The fourth-order valence-corrected chi connectivity index (χ4v) is 7.15. The number of carbonyl (C=O) groups excluding carboxylic acids is 2. The number of aliphatic hydroxyl groups excluding tert-OH is 1. The van der Waals surface area contributed by atoms with Crippen LogP contribution in [0.25, 0.3) is 21.5 Å². The summed E-state index contributed by atoms with van der Waals surface area (Å²) in [5.74, 6) is -0.625. The maximum Gasteiger partial charge on any atom is 1.00 e. The van der Waals surface area contributed by atoms with Gasteiger partial charge in [-0.05, 0) is 70.4 Å². The van der Waals surface area contributed by atoms with Crippen molar-refractivity contribution in [3.05, 3.63) is 144 Å². The minimum absolute atomic E-state index is 0. The van der Waals surface area contributed by atoms with E-state index in [1.165, 1.54) is 0 Å². The van der Waals surface area contributed by atoms with Gasteiger partial charge in [-0.15, -0.1) is 11.6 Å². The van der Waals surface area contributed by atoms with Crippen LogP contribution in [0.2, 0.25) is 0 Å². The molecule has 0 aliphatic carbocycles. The number of hydrogen-bond acceptors (Lipinski definition) is 11. The van der Waals surface area contributed by atoms with E-state index in [-0.39, 0.29) is 110 Å². The SMILES string of the molecule is CNC(=O)c1cccc(N)c1.CNC(=O)c1cccc(NCS(=O)(=O)Cc2ccc3cnccc3c2)c1.CO.O=S(=O)(CCl)Cc1ccc2cnccc2c1.[I-].[K+]. The van der Waals surface area contributed by atoms with Crippen LogP contribution >= 0.6 is 11.6 Å². The number of nitrogens with one attached hydrogen (secondary N) is 3. The number of sulfone groups is 2. The molecule has 0 saturated heterocycles. The average Bonchev–Trinajstić information content (AvgIpc) is 3.20. The number of benzene rings is 4. The molecule has 0 spiro atoms. The van der Waals surface area contributed by atoms with Crippen molar-refractivity contribution in [3.8, 4) is 0 Å². The summed E-state index contributed by atoms with van der Waals surface area (Å²) in [6, 6.07) is 28.3. The first-order valence-corrected chi connectivity index (χ1v) is 20.7. The second-order valence-corrected chi connectivity index (χ2v) is 16.4. The molecule has 0 fully saturated rings. The Hall–Kier alpha value is -3.24. The van der Waals surface area contributed by atoms with E-state index in [0.717, 1.165) is 39.8 Å². The monoisotopic (exact) mass is 972 g/mol. The number of nitrogens with two attached hydrogens (primary N) is 1. The molecule has 0 unspecified atom stereocenters. The molecule has 6 aromatic rings. The molecule has 0 radical (unpaired) electrons. The summed E-state index contributed by atoms with van der Waals surface area (Å²) in [6.45, 7) is 0. The summed E-state index contributed by atoms with van der Waals surface area (Å²) >= 11 is 5.36. The predicted octanol–water partition coefficient (Wildman–Crippen LogP) is -0.830. The molecule has 4 aromatic carbocycles. The van der Waals surface area contributed by atoms with Crippen LogP contribution in [0.3, 0.4) is 0 Å². The van der Waals surface area contributed by atoms with Gasteiger partial charge in [0.25, 0.3) is 11.8 Å². The molecule has 6 rings (SSSR count). The number of amides is 2. The summed E-state index contributed by atoms with van der Waals surface area (Å²) < 4.78 is 47.6. The Balaban J connectivity index is 0.000000449. The van der Waals surface area contributed by atoms with Gasteiger partial charge >= 0.3 is 51.4 Å². The standard InChI is InChI=1S/C19H19N3O3S.C11H10ClNO2S.C8H10N2O.CH4O.HI.K/c1-20-19(23)16-3-2-4-18(10-16)22-13-26(24,25)12-14-5-6-17-11-21-8-7-15(17)9-14;12-8-16(14,15)7-9-1-2-11-6-13-4-3-10(11)5-9;1-10-8(11)6-3-2-4-7(9)5-6;1-2;;/h2-11,22H,12-13H2,1H3,(H,20,23);1-6H,7-8H2;2-5H,9H2,1H3,(H,10,11);2H,1H3;1H;/q;;;;;+1/p-1. The quantitative estimate of drug-likeness (QED) is 0.0496. The second kappa shape index (κ2) is 26.0. The number of rotatable bonds is 10. The van der Waals surface area contributed by atoms with Gasteiger partial charge in [0.1, 0.15) is 11.1 Å². The van der Waals surface area contributed by atoms with Crippen LogP contribution in [-0.2, 0) is 31.2 Å². The third-order valence-electron chi connectivity index (χ3n) is 7.57. The molecule has 2 amide bonds. The third kappa shape index (κ3) is 17.6. The molecule has 18 heteroatoms. The number of aliphatic hydroxyl groups is 1. The first-order valence-electron chi connectivity index (χ1n) is 16.5. The summed E-state index contributed by atoms with van der Waals surface area (Å²) in [7, 11) is -2.42. The summed E-state index contributed by atoms with van der Waals surface area (Å²) in [6.07, 6.45) is 6.85. The van der Waals surface area contributed by atoms with Crippen LogP contribution < -0.4 is 97.0 Å². The zero-order valence-electron chi connectivity index (χ0n) is 31.8. The van der Waals surface area contributed by atoms with Crippen molar-refractivity contribution in [1.29, 1.82) is 0 Å². The summed E-state index contributed by atoms with van der Waals surface area (Å²) in [5, 5.41) is 18.5. The minimum Gasteiger partial charge on any atom is -1.00 e. The fraction of sp³-hybridized carbons (Fsp3) is 0.179. The zero-order chi connectivity index (χ0) is 40.4. The molecule has 0 aliphatic heterocycles. The summed E-state index contributed by atoms with van der Waals surface area (Å²) in [5.41, 5.74) is 9.19. The third-order valence-corrected chi connectivity index (χ3v) is 11.0. The van der Waals surface area contributed by atoms with Crippen molar-refractivity contribution >= 4 is 76.0 Å². The van der Waals surface area contributed by atoms with Crippen LogP contribution in [0, 0.1) is 0 Å². The Morgan fingerprint density at radius 1 is 0.667 bits per heavy atom. The van der Waals surface area contributed by atoms with E-state index in [1.54, 1.807) is 99.5 Å². The topological polar surface area (TPSA) is 211 Å². The molecule has 2 heterocycles. The number of nitrogens with zero attached hydrogens (tertiary/aromatic N) is 2. The minimum atomic E-state index is -3.37. The number of alkyl halides is 1. The molecule has 0 saturated carbocycles. The number of aromatic nitrogens is 2. The largest absolute Gasteiger partial charge is 1.00 e. The van der Waals surface area contributed by atoms with Crippen LogP contribution in [0.15, 0.2) is 122 Å². The number of pyridine rings is 2. The van der Waals surface area contributed by atoms with Crippen molar-refractivity contribution in [3.63, 3.8) is 0 Å². The Labute approximate surface area is 397 Å². The molecule has 0 atom stereocenters. The average molecular weight is 973 g/mol. The number of fused-ring (bicyclic) bond motifs is 2. The summed E-state index contributed by atoms with van der Waals surface area (Å²) in [4.78, 5) is 30.7. The first-order chi connectivity index (χ1) is 26.3. The van der Waals surface area contributed by atoms with Gasteiger partial charge in [0, 0.05) is 79.3 Å². The Bertz CT molecular complexity index is 2450. The molecule has 0 bridgehead atoms. The van der Waals surface area contributed by atoms with E-state index >= 15 is 0 Å². The van der Waals surface area contributed by atoms with Gasteiger partial charge in [-0.2, -0.15) is 0 Å². The van der Waals surface area contributed by atoms with E-state index < -0.39 is 19.7 Å². The molecule has 6 N–H and O–H groups in total. The van der Waals surface area contributed by atoms with Crippen molar-refractivity contribution in [2.75, 3.05) is 43.3 Å². The van der Waals surface area contributed by atoms with E-state index in [1.807, 2.05) is 36.4 Å². The van der Waals surface area contributed by atoms with Crippen LogP contribution in [-0.4, -0.2) is 76.0 Å². The fourth-order valence-electron chi connectivity index (χ4n) is 4.97. The molecule has 13 nitrogen and oxygen atoms in total. The normalized spacial score (nSPS) is 10.3. The number of hydrogen-bond donors (Lipinski definition) is 5. The molecular formula is C39H43ClIKN6O7S2. The van der Waals surface area contributed by atoms with Crippen LogP contribution in [0.4, 0.5) is 11.4 Å². The number of anilines is 2. The first kappa shape index (κ1) is 51.8. The number of carbonyl (C=O) groups is 2. The van der Waals surface area contributed by atoms with Crippen molar-refractivity contribution in [1.82, 2.24) is 20.6 Å². The van der Waals surface area contributed by atoms with Gasteiger partial charge in [-0.1, -0.05) is 48.5 Å². The Morgan fingerprint density at radius 3 is 1.61 bits per heavy atom. The van der Waals surface area contributed by atoms with Gasteiger partial charge in [0.15, 0.2) is 19.7 Å². The van der Waals surface area contributed by atoms with Gasteiger partial charge in [0.05, 0.1) is 11.5 Å². The smallest absolute Gasteiger partial charge is 1.00 e. The van der Waals surface area contributed by atoms with E-state index in [9.17, 15) is 26.4 Å². The van der Waals surface area contributed by atoms with E-state index in [2.05, 4.69) is 25.9 Å². The van der Waals surface area contributed by atoms with Gasteiger partial charge in [-0.25, -0.2) is 16.8 Å². The second-order valence-electron chi connectivity index (χ2n) is 11.7. The maximum absolute atomic E-state index is 12.4. The molecule has 298 valence electrons.